The number of aliphatic hydroxyl groups is 1. The van der Waals surface area contributed by atoms with Crippen LogP contribution in [0.2, 0.25) is 0 Å². The van der Waals surface area contributed by atoms with Crippen LogP contribution < -0.4 is 5.32 Å². The van der Waals surface area contributed by atoms with Crippen LogP contribution in [0.25, 0.3) is 0 Å². The molecule has 0 spiro atoms. The first-order valence-corrected chi connectivity index (χ1v) is 7.07. The van der Waals surface area contributed by atoms with E-state index in [-0.39, 0.29) is 17.9 Å². The summed E-state index contributed by atoms with van der Waals surface area (Å²) in [5.74, 6) is -0.566. The first-order valence-electron chi connectivity index (χ1n) is 7.07. The molecule has 1 aliphatic rings. The lowest BCUT2D eigenvalue weighted by molar-refractivity contribution is -0.150. The Morgan fingerprint density at radius 3 is 2.45 bits per heavy atom. The number of nitrogens with one attached hydrogen (secondary N) is 1. The Labute approximate surface area is 119 Å². The Morgan fingerprint density at radius 1 is 1.30 bits per heavy atom. The largest absolute Gasteiger partial charge is 0.466 e. The quantitative estimate of drug-likeness (QED) is 0.770. The third-order valence-corrected chi connectivity index (χ3v) is 3.14. The molecular weight excluding hydrogens is 262 g/mol. The van der Waals surface area contributed by atoms with Gasteiger partial charge in [0.25, 0.3) is 0 Å². The van der Waals surface area contributed by atoms with Gasteiger partial charge in [-0.2, -0.15) is 0 Å². The highest BCUT2D eigenvalue weighted by Crippen LogP contribution is 2.26. The molecule has 0 aliphatic heterocycles. The van der Waals surface area contributed by atoms with Crippen LogP contribution in [-0.4, -0.2) is 41.5 Å². The number of hydrogen-bond acceptors (Lipinski definition) is 5. The number of aliphatic hydroxyl groups excluding tert-OH is 1. The average Bonchev–Trinajstić information content (AvgIpc) is 2.29. The summed E-state index contributed by atoms with van der Waals surface area (Å²) in [6, 6.07) is -0.379. The van der Waals surface area contributed by atoms with Crippen molar-refractivity contribution in [2.75, 3.05) is 6.61 Å². The molecular formula is C14H25NO5. The molecule has 20 heavy (non-hydrogen) atoms. The summed E-state index contributed by atoms with van der Waals surface area (Å²) in [6.45, 7) is 7.43. The number of esters is 1. The van der Waals surface area contributed by atoms with Gasteiger partial charge in [0, 0.05) is 0 Å². The molecule has 1 rings (SSSR count). The Hall–Kier alpha value is -1.30. The van der Waals surface area contributed by atoms with Crippen LogP contribution in [0.4, 0.5) is 4.79 Å². The van der Waals surface area contributed by atoms with E-state index in [1.807, 2.05) is 0 Å². The van der Waals surface area contributed by atoms with Crippen LogP contribution in [0.15, 0.2) is 0 Å². The summed E-state index contributed by atoms with van der Waals surface area (Å²) in [6.07, 6.45) is 0.126. The van der Waals surface area contributed by atoms with E-state index in [2.05, 4.69) is 5.32 Å². The third kappa shape index (κ3) is 5.36. The SMILES string of the molecule is CCOC(=O)[C@@H]1CC[C@@H](NC(=O)OC(C)(C)C)[C@H](O)C1. The second kappa shape index (κ2) is 6.92. The molecule has 0 saturated heterocycles. The van der Waals surface area contributed by atoms with E-state index in [0.717, 1.165) is 0 Å². The highest BCUT2D eigenvalue weighted by atomic mass is 16.6. The normalized spacial score (nSPS) is 26.8. The Kier molecular flexibility index (Phi) is 5.80. The van der Waals surface area contributed by atoms with Gasteiger partial charge < -0.3 is 19.9 Å². The van der Waals surface area contributed by atoms with E-state index >= 15 is 0 Å². The van der Waals surface area contributed by atoms with Crippen molar-refractivity contribution in [3.63, 3.8) is 0 Å². The van der Waals surface area contributed by atoms with Crippen molar-refractivity contribution in [2.24, 2.45) is 5.92 Å². The summed E-state index contributed by atoms with van der Waals surface area (Å²) < 4.78 is 10.1. The zero-order valence-corrected chi connectivity index (χ0v) is 12.6. The van der Waals surface area contributed by atoms with Gasteiger partial charge in [-0.05, 0) is 47.0 Å². The molecule has 2 N–H and O–H groups in total. The molecule has 1 saturated carbocycles. The third-order valence-electron chi connectivity index (χ3n) is 3.14. The Morgan fingerprint density at radius 2 is 1.95 bits per heavy atom. The molecule has 0 aromatic heterocycles. The first kappa shape index (κ1) is 16.8. The summed E-state index contributed by atoms with van der Waals surface area (Å²) in [5, 5.41) is 12.7. The summed E-state index contributed by atoms with van der Waals surface area (Å²) in [5.41, 5.74) is -0.572. The molecule has 0 aromatic carbocycles. The van der Waals surface area contributed by atoms with Gasteiger partial charge in [0.2, 0.25) is 0 Å². The molecule has 0 heterocycles. The minimum atomic E-state index is -0.759. The van der Waals surface area contributed by atoms with Crippen LogP contribution in [0.1, 0.15) is 47.0 Å². The fourth-order valence-corrected chi connectivity index (χ4v) is 2.25. The minimum absolute atomic E-state index is 0.276. The molecule has 0 unspecified atom stereocenters. The Bertz CT molecular complexity index is 350. The zero-order valence-electron chi connectivity index (χ0n) is 12.6. The highest BCUT2D eigenvalue weighted by molar-refractivity contribution is 5.73. The molecule has 1 aliphatic carbocycles. The van der Waals surface area contributed by atoms with E-state index in [4.69, 9.17) is 9.47 Å². The molecule has 1 amide bonds. The number of amides is 1. The van der Waals surface area contributed by atoms with Crippen molar-refractivity contribution in [3.05, 3.63) is 0 Å². The smallest absolute Gasteiger partial charge is 0.407 e. The van der Waals surface area contributed by atoms with E-state index in [1.54, 1.807) is 27.7 Å². The molecule has 6 nitrogen and oxygen atoms in total. The fraction of sp³-hybridized carbons (Fsp3) is 0.857. The van der Waals surface area contributed by atoms with E-state index in [1.165, 1.54) is 0 Å². The molecule has 0 radical (unpaired) electrons. The van der Waals surface area contributed by atoms with Gasteiger partial charge in [-0.15, -0.1) is 0 Å². The first-order chi connectivity index (χ1) is 9.23. The summed E-state index contributed by atoms with van der Waals surface area (Å²) in [4.78, 5) is 23.3. The second-order valence-corrected chi connectivity index (χ2v) is 6.08. The topological polar surface area (TPSA) is 84.9 Å². The Balaban J connectivity index is 2.45. The maximum absolute atomic E-state index is 11.7. The van der Waals surface area contributed by atoms with Gasteiger partial charge in [-0.1, -0.05) is 0 Å². The van der Waals surface area contributed by atoms with Gasteiger partial charge in [-0.3, -0.25) is 4.79 Å². The molecule has 6 heteroatoms. The van der Waals surface area contributed by atoms with E-state index in [0.29, 0.717) is 25.9 Å². The minimum Gasteiger partial charge on any atom is -0.466 e. The van der Waals surface area contributed by atoms with Gasteiger partial charge >= 0.3 is 12.1 Å². The summed E-state index contributed by atoms with van der Waals surface area (Å²) in [7, 11) is 0. The van der Waals surface area contributed by atoms with Crippen molar-refractivity contribution < 1.29 is 24.2 Å². The van der Waals surface area contributed by atoms with Crippen molar-refractivity contribution in [1.29, 1.82) is 0 Å². The number of hydrogen-bond donors (Lipinski definition) is 2. The number of carbonyl (C=O) groups is 2. The number of rotatable bonds is 3. The van der Waals surface area contributed by atoms with Gasteiger partial charge in [-0.25, -0.2) is 4.79 Å². The molecule has 0 aromatic rings. The summed E-state index contributed by atoms with van der Waals surface area (Å²) >= 11 is 0. The lowest BCUT2D eigenvalue weighted by atomic mass is 9.84. The van der Waals surface area contributed by atoms with Crippen molar-refractivity contribution in [3.8, 4) is 0 Å². The number of alkyl carbamates (subject to hydrolysis) is 1. The number of ether oxygens (including phenoxy) is 2. The molecule has 1 fully saturated rings. The molecule has 3 atom stereocenters. The second-order valence-electron chi connectivity index (χ2n) is 6.08. The fourth-order valence-electron chi connectivity index (χ4n) is 2.25. The molecule has 0 bridgehead atoms. The number of carbonyl (C=O) groups excluding carboxylic acids is 2. The maximum Gasteiger partial charge on any atom is 0.407 e. The average molecular weight is 287 g/mol. The predicted octanol–water partition coefficient (Wildman–Crippen LogP) is 1.60. The maximum atomic E-state index is 11.7. The predicted molar refractivity (Wildman–Crippen MR) is 73.1 cm³/mol. The van der Waals surface area contributed by atoms with Crippen molar-refractivity contribution in [1.82, 2.24) is 5.32 Å². The molecule has 116 valence electrons. The van der Waals surface area contributed by atoms with Gasteiger partial charge in [0.15, 0.2) is 0 Å². The van der Waals surface area contributed by atoms with Crippen LogP contribution in [-0.2, 0) is 14.3 Å². The van der Waals surface area contributed by atoms with Gasteiger partial charge in [0.05, 0.1) is 24.7 Å². The van der Waals surface area contributed by atoms with E-state index < -0.39 is 17.8 Å². The van der Waals surface area contributed by atoms with Crippen LogP contribution in [0.5, 0.6) is 0 Å². The lowest BCUT2D eigenvalue weighted by Crippen LogP contribution is -2.49. The standard InChI is InChI=1S/C14H25NO5/c1-5-19-12(17)9-6-7-10(11(16)8-9)15-13(18)20-14(2,3)4/h9-11,16H,5-8H2,1-4H3,(H,15,18)/t9-,10-,11-/m1/s1. The van der Waals surface area contributed by atoms with Crippen LogP contribution in [0, 0.1) is 5.92 Å². The van der Waals surface area contributed by atoms with Crippen LogP contribution >= 0.6 is 0 Å². The van der Waals surface area contributed by atoms with Crippen molar-refractivity contribution >= 4 is 12.1 Å². The highest BCUT2D eigenvalue weighted by Gasteiger charge is 2.35. The zero-order chi connectivity index (χ0) is 15.3. The monoisotopic (exact) mass is 287 g/mol. The van der Waals surface area contributed by atoms with Crippen LogP contribution in [0.3, 0.4) is 0 Å². The van der Waals surface area contributed by atoms with E-state index in [9.17, 15) is 14.7 Å². The van der Waals surface area contributed by atoms with Gasteiger partial charge in [0.1, 0.15) is 5.60 Å². The van der Waals surface area contributed by atoms with Crippen molar-refractivity contribution in [2.45, 2.75) is 64.7 Å². The lowest BCUT2D eigenvalue weighted by Gasteiger charge is -2.33.